The number of alkyl halides is 3. The molecule has 2 atom stereocenters. The molecule has 0 saturated heterocycles. The van der Waals surface area contributed by atoms with Gasteiger partial charge in [0.05, 0.1) is 5.02 Å². The summed E-state index contributed by atoms with van der Waals surface area (Å²) < 4.78 is 55.1. The first-order valence-corrected chi connectivity index (χ1v) is 8.33. The lowest BCUT2D eigenvalue weighted by atomic mass is 9.88. The van der Waals surface area contributed by atoms with Gasteiger partial charge in [-0.25, -0.2) is 4.39 Å². The molecule has 0 bridgehead atoms. The highest BCUT2D eigenvalue weighted by Crippen LogP contribution is 2.71. The number of carbonyl (C=O) groups excluding carboxylic acids is 1. The molecule has 1 saturated carbocycles. The van der Waals surface area contributed by atoms with Gasteiger partial charge in [-0.05, 0) is 35.5 Å². The molecular weight excluding hydrogens is 423 g/mol. The van der Waals surface area contributed by atoms with E-state index in [1.807, 2.05) is 0 Å². The Labute approximate surface area is 161 Å². The minimum Gasteiger partial charge on any atom is -0.549 e. The number of allylic oxidation sites excluding steroid dienone is 1. The Kier molecular flexibility index (Phi) is 5.50. The zero-order valence-electron chi connectivity index (χ0n) is 13.4. The van der Waals surface area contributed by atoms with Gasteiger partial charge in [0.25, 0.3) is 0 Å². The maximum Gasteiger partial charge on any atom is 0.573 e. The number of hydrogen-bond acceptors (Lipinski definition) is 3. The number of carboxylic acid groups (broad SMARTS) is 1. The van der Waals surface area contributed by atoms with Crippen molar-refractivity contribution in [3.05, 3.63) is 39.1 Å². The van der Waals surface area contributed by atoms with Gasteiger partial charge < -0.3 is 14.6 Å². The van der Waals surface area contributed by atoms with Gasteiger partial charge in [0.15, 0.2) is 0 Å². The van der Waals surface area contributed by atoms with E-state index in [-0.39, 0.29) is 10.1 Å². The van der Waals surface area contributed by atoms with Gasteiger partial charge in [0.1, 0.15) is 16.1 Å². The number of ether oxygens (including phenoxy) is 1. The van der Waals surface area contributed by atoms with Crippen LogP contribution in [0.3, 0.4) is 0 Å². The third-order valence-electron chi connectivity index (χ3n) is 4.81. The summed E-state index contributed by atoms with van der Waals surface area (Å²) in [6.07, 6.45) is -4.21. The van der Waals surface area contributed by atoms with Crippen molar-refractivity contribution in [3.63, 3.8) is 0 Å². The first kappa shape index (κ1) is 21.1. The average molecular weight is 435 g/mol. The summed E-state index contributed by atoms with van der Waals surface area (Å²) in [7, 11) is 0. The van der Waals surface area contributed by atoms with Gasteiger partial charge in [-0.1, -0.05) is 48.7 Å². The summed E-state index contributed by atoms with van der Waals surface area (Å²) in [4.78, 5) is 11.8. The highest BCUT2D eigenvalue weighted by atomic mass is 35.5. The van der Waals surface area contributed by atoms with Gasteiger partial charge in [-0.15, -0.1) is 13.2 Å². The van der Waals surface area contributed by atoms with Crippen LogP contribution in [0.25, 0.3) is 0 Å². The standard InChI is InChI=1S/C16H13Cl3F4O3/c1-14(2)10(5-11(18)19)15(14,13(24)25)6-7-3-8(26-16(21,22)23)4-9(17)12(7)20/h3-5,10H,6H2,1-2H3,(H,24,25)/p-1. The SMILES string of the molecule is CC1(C)C(C=C(Cl)Cl)C1(Cc1cc(OC(F)(F)F)cc(Cl)c1F)C(=O)[O-]. The van der Waals surface area contributed by atoms with Crippen LogP contribution in [0.4, 0.5) is 17.6 Å². The van der Waals surface area contributed by atoms with E-state index in [0.29, 0.717) is 6.07 Å². The van der Waals surface area contributed by atoms with Crippen LogP contribution in [0.5, 0.6) is 5.75 Å². The number of rotatable bonds is 5. The molecule has 0 spiro atoms. The zero-order chi connectivity index (χ0) is 20.1. The van der Waals surface area contributed by atoms with Crippen molar-refractivity contribution in [1.82, 2.24) is 0 Å². The van der Waals surface area contributed by atoms with Crippen molar-refractivity contribution >= 4 is 40.8 Å². The lowest BCUT2D eigenvalue weighted by molar-refractivity contribution is -0.315. The molecule has 0 heterocycles. The summed E-state index contributed by atoms with van der Waals surface area (Å²) in [5, 5.41) is 11.2. The normalized spacial score (nSPS) is 24.1. The van der Waals surface area contributed by atoms with Crippen LogP contribution in [0.1, 0.15) is 19.4 Å². The van der Waals surface area contributed by atoms with Crippen molar-refractivity contribution < 1.29 is 32.2 Å². The van der Waals surface area contributed by atoms with Crippen LogP contribution in [0.15, 0.2) is 22.7 Å². The topological polar surface area (TPSA) is 49.4 Å². The van der Waals surface area contributed by atoms with Gasteiger partial charge in [0, 0.05) is 17.5 Å². The maximum atomic E-state index is 14.3. The molecule has 26 heavy (non-hydrogen) atoms. The summed E-state index contributed by atoms with van der Waals surface area (Å²) in [5.41, 5.74) is -2.90. The van der Waals surface area contributed by atoms with E-state index in [4.69, 9.17) is 34.8 Å². The van der Waals surface area contributed by atoms with Crippen LogP contribution in [0, 0.1) is 22.6 Å². The Morgan fingerprint density at radius 3 is 2.38 bits per heavy atom. The lowest BCUT2D eigenvalue weighted by Gasteiger charge is -2.23. The fraction of sp³-hybridized carbons (Fsp3) is 0.438. The van der Waals surface area contributed by atoms with Gasteiger partial charge in [-0.2, -0.15) is 0 Å². The molecule has 3 nitrogen and oxygen atoms in total. The number of aliphatic carboxylic acids is 1. The molecule has 0 aliphatic heterocycles. The molecule has 0 amide bonds. The van der Waals surface area contributed by atoms with E-state index in [1.165, 1.54) is 6.08 Å². The summed E-state index contributed by atoms with van der Waals surface area (Å²) in [6.45, 7) is 3.16. The Hall–Kier alpha value is -1.18. The molecule has 2 rings (SSSR count). The highest BCUT2D eigenvalue weighted by molar-refractivity contribution is 6.55. The predicted molar refractivity (Wildman–Crippen MR) is 86.3 cm³/mol. The Morgan fingerprint density at radius 1 is 1.35 bits per heavy atom. The third kappa shape index (κ3) is 3.75. The number of benzene rings is 1. The van der Waals surface area contributed by atoms with E-state index < -0.39 is 52.1 Å². The van der Waals surface area contributed by atoms with Crippen LogP contribution < -0.4 is 9.84 Å². The molecule has 1 aromatic carbocycles. The minimum atomic E-state index is -5.01. The second-order valence-electron chi connectivity index (χ2n) is 6.52. The Morgan fingerprint density at radius 2 is 1.92 bits per heavy atom. The van der Waals surface area contributed by atoms with Crippen LogP contribution in [-0.4, -0.2) is 12.3 Å². The molecule has 0 aromatic heterocycles. The van der Waals surface area contributed by atoms with Crippen LogP contribution in [-0.2, 0) is 11.2 Å². The predicted octanol–water partition coefficient (Wildman–Crippen LogP) is 4.63. The number of hydrogen-bond donors (Lipinski definition) is 0. The van der Waals surface area contributed by atoms with E-state index in [2.05, 4.69) is 4.74 Å². The lowest BCUT2D eigenvalue weighted by Crippen LogP contribution is -2.38. The van der Waals surface area contributed by atoms with Crippen molar-refractivity contribution in [3.8, 4) is 5.75 Å². The van der Waals surface area contributed by atoms with Crippen molar-refractivity contribution in [1.29, 1.82) is 0 Å². The number of carbonyl (C=O) groups is 1. The first-order chi connectivity index (χ1) is 11.7. The van der Waals surface area contributed by atoms with Crippen LogP contribution in [0.2, 0.25) is 5.02 Å². The average Bonchev–Trinajstić information content (AvgIpc) is 2.89. The summed E-state index contributed by atoms with van der Waals surface area (Å²) in [6, 6.07) is 1.42. The van der Waals surface area contributed by atoms with Crippen LogP contribution >= 0.6 is 34.8 Å². The first-order valence-electron chi connectivity index (χ1n) is 7.20. The molecule has 144 valence electrons. The van der Waals surface area contributed by atoms with E-state index in [1.54, 1.807) is 13.8 Å². The highest BCUT2D eigenvalue weighted by Gasteiger charge is 2.70. The summed E-state index contributed by atoms with van der Waals surface area (Å²) in [5.74, 6) is -4.01. The number of halogens is 7. The molecule has 1 aromatic rings. The molecule has 2 unspecified atom stereocenters. The quantitative estimate of drug-likeness (QED) is 0.635. The fourth-order valence-corrected chi connectivity index (χ4v) is 3.89. The maximum absolute atomic E-state index is 14.3. The van der Waals surface area contributed by atoms with Crippen molar-refractivity contribution in [2.75, 3.05) is 0 Å². The molecule has 10 heteroatoms. The zero-order valence-corrected chi connectivity index (χ0v) is 15.7. The summed E-state index contributed by atoms with van der Waals surface area (Å²) >= 11 is 16.8. The van der Waals surface area contributed by atoms with Gasteiger partial charge >= 0.3 is 6.36 Å². The molecule has 1 aliphatic carbocycles. The molecule has 1 aliphatic rings. The monoisotopic (exact) mass is 433 g/mol. The Balaban J connectivity index is 2.48. The Bertz CT molecular complexity index is 773. The van der Waals surface area contributed by atoms with E-state index in [9.17, 15) is 27.5 Å². The van der Waals surface area contributed by atoms with Gasteiger partial charge in [0.2, 0.25) is 0 Å². The fourth-order valence-electron chi connectivity index (χ4n) is 3.41. The second-order valence-corrected chi connectivity index (χ2v) is 7.93. The second kappa shape index (κ2) is 6.77. The van der Waals surface area contributed by atoms with E-state index in [0.717, 1.165) is 6.07 Å². The smallest absolute Gasteiger partial charge is 0.549 e. The van der Waals surface area contributed by atoms with Crippen molar-refractivity contribution in [2.45, 2.75) is 26.6 Å². The van der Waals surface area contributed by atoms with Gasteiger partial charge in [-0.3, -0.25) is 0 Å². The van der Waals surface area contributed by atoms with E-state index >= 15 is 0 Å². The molecular formula is C16H12Cl3F4O3-. The molecule has 0 N–H and O–H groups in total. The largest absolute Gasteiger partial charge is 0.573 e. The number of carboxylic acids is 1. The third-order valence-corrected chi connectivity index (χ3v) is 5.34. The molecule has 0 radical (unpaired) electrons. The van der Waals surface area contributed by atoms with Crippen molar-refractivity contribution in [2.24, 2.45) is 16.7 Å². The minimum absolute atomic E-state index is 0.182. The molecule has 1 fully saturated rings.